The number of hydrogen-bond acceptors (Lipinski definition) is 6. The number of benzene rings is 1. The second-order valence-electron chi connectivity index (χ2n) is 8.99. The van der Waals surface area contributed by atoms with Crippen LogP contribution in [0.25, 0.3) is 15.9 Å². The van der Waals surface area contributed by atoms with Gasteiger partial charge in [0.05, 0.1) is 17.2 Å². The lowest BCUT2D eigenvalue weighted by Gasteiger charge is -2.47. The zero-order valence-corrected chi connectivity index (χ0v) is 19.7. The molecule has 178 valence electrons. The van der Waals surface area contributed by atoms with Gasteiger partial charge >= 0.3 is 0 Å². The zero-order chi connectivity index (χ0) is 24.7. The fourth-order valence-electron chi connectivity index (χ4n) is 4.97. The first kappa shape index (κ1) is 22.7. The number of oxazole rings is 1. The van der Waals surface area contributed by atoms with Crippen molar-refractivity contribution in [3.63, 3.8) is 0 Å². The summed E-state index contributed by atoms with van der Waals surface area (Å²) in [6.07, 6.45) is 3.03. The molecule has 0 bridgehead atoms. The van der Waals surface area contributed by atoms with Crippen LogP contribution in [-0.4, -0.2) is 44.6 Å². The van der Waals surface area contributed by atoms with E-state index in [1.807, 2.05) is 0 Å². The summed E-state index contributed by atoms with van der Waals surface area (Å²) in [6.45, 7) is 12.9. The van der Waals surface area contributed by atoms with Crippen molar-refractivity contribution in [2.24, 2.45) is 7.05 Å². The van der Waals surface area contributed by atoms with Crippen LogP contribution in [-0.2, 0) is 7.05 Å². The van der Waals surface area contributed by atoms with Gasteiger partial charge in [-0.15, -0.1) is 4.98 Å². The normalized spacial score (nSPS) is 19.6. The van der Waals surface area contributed by atoms with E-state index in [1.54, 1.807) is 48.2 Å². The van der Waals surface area contributed by atoms with Crippen LogP contribution in [0.4, 0.5) is 15.9 Å². The summed E-state index contributed by atoms with van der Waals surface area (Å²) in [5.74, 6) is 0.00171. The van der Waals surface area contributed by atoms with Crippen molar-refractivity contribution in [2.75, 3.05) is 18.0 Å². The molecule has 1 saturated heterocycles. The Hall–Kier alpha value is -4.03. The minimum atomic E-state index is -0.289. The fourth-order valence-corrected chi connectivity index (χ4v) is 4.97. The molecule has 1 aliphatic rings. The number of halogens is 1. The maximum Gasteiger partial charge on any atom is 0.270 e. The molecule has 4 heterocycles. The molecule has 35 heavy (non-hydrogen) atoms. The van der Waals surface area contributed by atoms with Gasteiger partial charge in [0.1, 0.15) is 17.8 Å². The molecule has 3 atom stereocenters. The number of pyridine rings is 2. The van der Waals surface area contributed by atoms with Gasteiger partial charge in [-0.05, 0) is 43.7 Å². The third-order valence-corrected chi connectivity index (χ3v) is 6.76. The van der Waals surface area contributed by atoms with Gasteiger partial charge in [-0.25, -0.2) is 9.37 Å². The molecule has 4 aromatic rings. The molecule has 1 fully saturated rings. The van der Waals surface area contributed by atoms with Crippen LogP contribution < -0.4 is 10.5 Å². The number of anilines is 1. The van der Waals surface area contributed by atoms with Crippen molar-refractivity contribution in [1.82, 2.24) is 19.4 Å². The van der Waals surface area contributed by atoms with E-state index in [2.05, 4.69) is 38.5 Å². The molecule has 0 amide bonds. The molecule has 1 aromatic carbocycles. The monoisotopic (exact) mass is 472 g/mol. The van der Waals surface area contributed by atoms with Gasteiger partial charge in [0, 0.05) is 38.3 Å². The van der Waals surface area contributed by atoms with Crippen LogP contribution in [0, 0.1) is 12.4 Å². The summed E-state index contributed by atoms with van der Waals surface area (Å²) in [5, 5.41) is 0. The minimum absolute atomic E-state index is 0.0229. The Morgan fingerprint density at radius 3 is 2.60 bits per heavy atom. The van der Waals surface area contributed by atoms with Gasteiger partial charge in [0.25, 0.3) is 11.4 Å². The van der Waals surface area contributed by atoms with Crippen LogP contribution in [0.2, 0.25) is 0 Å². The first-order chi connectivity index (χ1) is 16.9. The van der Waals surface area contributed by atoms with Crippen LogP contribution in [0.15, 0.2) is 64.3 Å². The molecule has 0 saturated carbocycles. The van der Waals surface area contributed by atoms with Crippen molar-refractivity contribution >= 4 is 22.5 Å². The summed E-state index contributed by atoms with van der Waals surface area (Å²) < 4.78 is 20.5. The van der Waals surface area contributed by atoms with Crippen LogP contribution >= 0.6 is 0 Å². The molecule has 1 unspecified atom stereocenters. The summed E-state index contributed by atoms with van der Waals surface area (Å²) >= 11 is 0. The molecular formula is C26H25FN6O2. The van der Waals surface area contributed by atoms with Crippen molar-refractivity contribution in [3.05, 3.63) is 94.0 Å². The van der Waals surface area contributed by atoms with Crippen LogP contribution in [0.5, 0.6) is 0 Å². The average molecular weight is 473 g/mol. The van der Waals surface area contributed by atoms with Crippen molar-refractivity contribution in [2.45, 2.75) is 32.0 Å². The highest BCUT2D eigenvalue weighted by atomic mass is 19.1. The smallest absolute Gasteiger partial charge is 0.270 e. The SMILES string of the molecule is [C-]#[N+]c1ccc2c(n1)c(N1C[C@@H](C)N(C(c3ccc(F)cc3)c3cocn3)C[C@@H]1C)cc(=O)n2C. The number of rotatable bonds is 4. The Kier molecular flexibility index (Phi) is 5.83. The van der Waals surface area contributed by atoms with Gasteiger partial charge < -0.3 is 18.7 Å². The number of aryl methyl sites for hydroxylation is 1. The predicted molar refractivity (Wildman–Crippen MR) is 131 cm³/mol. The zero-order valence-electron chi connectivity index (χ0n) is 19.7. The third-order valence-electron chi connectivity index (χ3n) is 6.76. The van der Waals surface area contributed by atoms with E-state index in [0.717, 1.165) is 16.9 Å². The molecule has 0 aliphatic carbocycles. The van der Waals surface area contributed by atoms with Crippen molar-refractivity contribution < 1.29 is 8.81 Å². The molecule has 5 rings (SSSR count). The van der Waals surface area contributed by atoms with Gasteiger partial charge in [0.2, 0.25) is 5.52 Å². The second kappa shape index (κ2) is 8.96. The highest BCUT2D eigenvalue weighted by molar-refractivity contribution is 5.89. The first-order valence-electron chi connectivity index (χ1n) is 11.4. The lowest BCUT2D eigenvalue weighted by molar-refractivity contribution is 0.128. The van der Waals surface area contributed by atoms with E-state index in [4.69, 9.17) is 11.0 Å². The average Bonchev–Trinajstić information content (AvgIpc) is 3.39. The molecule has 0 spiro atoms. The van der Waals surface area contributed by atoms with Gasteiger partial charge in [-0.2, -0.15) is 0 Å². The Bertz CT molecular complexity index is 1460. The number of aromatic nitrogens is 3. The Morgan fingerprint density at radius 2 is 1.91 bits per heavy atom. The Labute approximate surface area is 202 Å². The molecule has 9 heteroatoms. The highest BCUT2D eigenvalue weighted by Gasteiger charge is 2.37. The van der Waals surface area contributed by atoms with Gasteiger partial charge in [0.15, 0.2) is 6.39 Å². The van der Waals surface area contributed by atoms with Crippen LogP contribution in [0.1, 0.15) is 31.1 Å². The number of hydrogen-bond donors (Lipinski definition) is 0. The largest absolute Gasteiger partial charge is 0.451 e. The minimum Gasteiger partial charge on any atom is -0.451 e. The lowest BCUT2D eigenvalue weighted by Crippen LogP contribution is -2.57. The van der Waals surface area contributed by atoms with E-state index < -0.39 is 0 Å². The summed E-state index contributed by atoms with van der Waals surface area (Å²) in [6, 6.07) is 11.4. The number of nitrogens with zero attached hydrogens (tertiary/aromatic N) is 6. The predicted octanol–water partition coefficient (Wildman–Crippen LogP) is 4.30. The summed E-state index contributed by atoms with van der Waals surface area (Å²) in [5.41, 5.74) is 3.61. The Balaban J connectivity index is 1.54. The quantitative estimate of drug-likeness (QED) is 0.413. The topological polar surface area (TPSA) is 71.8 Å². The van der Waals surface area contributed by atoms with Gasteiger partial charge in [-0.3, -0.25) is 9.69 Å². The van der Waals surface area contributed by atoms with Crippen molar-refractivity contribution in [1.29, 1.82) is 0 Å². The maximum atomic E-state index is 13.6. The van der Waals surface area contributed by atoms with E-state index in [9.17, 15) is 9.18 Å². The Morgan fingerprint density at radius 1 is 1.14 bits per heavy atom. The number of fused-ring (bicyclic) bond motifs is 1. The number of piperazine rings is 1. The van der Waals surface area contributed by atoms with E-state index in [-0.39, 0.29) is 29.5 Å². The van der Waals surface area contributed by atoms with E-state index in [1.165, 1.54) is 18.5 Å². The molecule has 1 aliphatic heterocycles. The summed E-state index contributed by atoms with van der Waals surface area (Å²) in [7, 11) is 1.71. The first-order valence-corrected chi connectivity index (χ1v) is 11.4. The van der Waals surface area contributed by atoms with E-state index in [0.29, 0.717) is 29.9 Å². The fraction of sp³-hybridized carbons (Fsp3) is 0.308. The van der Waals surface area contributed by atoms with E-state index >= 15 is 0 Å². The molecule has 8 nitrogen and oxygen atoms in total. The van der Waals surface area contributed by atoms with Crippen molar-refractivity contribution in [3.8, 4) is 0 Å². The standard InChI is InChI=1S/C26H25FN6O2/c1-16-13-33(26(20-14-35-15-29-20)18-5-7-19(27)8-6-18)17(2)12-32(16)22-11-24(34)31(4)21-9-10-23(28-3)30-25(21)22/h5-11,14-17,26H,12-13H2,1-2,4H3/t16-,17+,26?/m0/s1. The second-order valence-corrected chi connectivity index (χ2v) is 8.99. The lowest BCUT2D eigenvalue weighted by atomic mass is 9.97. The molecular weight excluding hydrogens is 447 g/mol. The highest BCUT2D eigenvalue weighted by Crippen LogP contribution is 2.35. The van der Waals surface area contributed by atoms with Gasteiger partial charge in [-0.1, -0.05) is 18.7 Å². The van der Waals surface area contributed by atoms with Crippen LogP contribution in [0.3, 0.4) is 0 Å². The molecule has 3 aromatic heterocycles. The molecule has 0 N–H and O–H groups in total. The maximum absolute atomic E-state index is 13.6. The summed E-state index contributed by atoms with van der Waals surface area (Å²) in [4.78, 5) is 29.7. The third kappa shape index (κ3) is 4.06. The molecule has 0 radical (unpaired) electrons.